The molecule has 0 spiro atoms. The van der Waals surface area contributed by atoms with Gasteiger partial charge in [0.25, 0.3) is 5.91 Å². The highest BCUT2D eigenvalue weighted by Crippen LogP contribution is 2.27. The molecule has 6 nitrogen and oxygen atoms in total. The highest BCUT2D eigenvalue weighted by atomic mass is 32.1. The molecule has 1 aliphatic heterocycles. The normalized spacial score (nSPS) is 19.6. The van der Waals surface area contributed by atoms with Gasteiger partial charge < -0.3 is 14.8 Å². The molecule has 138 valence electrons. The molecule has 7 heteroatoms. The minimum absolute atomic E-state index is 0.0621. The van der Waals surface area contributed by atoms with E-state index in [-0.39, 0.29) is 18.6 Å². The van der Waals surface area contributed by atoms with Crippen molar-refractivity contribution in [3.05, 3.63) is 35.5 Å². The van der Waals surface area contributed by atoms with Crippen molar-refractivity contribution < 1.29 is 19.1 Å². The third-order valence-corrected chi connectivity index (χ3v) is 4.92. The van der Waals surface area contributed by atoms with E-state index in [1.54, 1.807) is 23.1 Å². The lowest BCUT2D eigenvalue weighted by Crippen LogP contribution is -2.41. The highest BCUT2D eigenvalue weighted by molar-refractivity contribution is 7.80. The fourth-order valence-electron chi connectivity index (χ4n) is 3.25. The fourth-order valence-corrected chi connectivity index (χ4v) is 3.59. The predicted molar refractivity (Wildman–Crippen MR) is 101 cm³/mol. The molecule has 1 saturated carbocycles. The van der Waals surface area contributed by atoms with E-state index in [1.807, 2.05) is 12.1 Å². The molecule has 3 rings (SSSR count). The molecule has 1 saturated heterocycles. The zero-order valence-corrected chi connectivity index (χ0v) is 15.5. The molecule has 0 bridgehead atoms. The largest absolute Gasteiger partial charge is 0.482 e. The maximum absolute atomic E-state index is 12.7. The topological polar surface area (TPSA) is 67.9 Å². The second-order valence-corrected chi connectivity index (χ2v) is 6.78. The first-order valence-electron chi connectivity index (χ1n) is 8.74. The molecule has 0 radical (unpaired) electrons. The zero-order valence-electron chi connectivity index (χ0n) is 14.7. The van der Waals surface area contributed by atoms with Crippen molar-refractivity contribution in [3.63, 3.8) is 0 Å². The number of benzene rings is 1. The Morgan fingerprint density at radius 2 is 1.96 bits per heavy atom. The Morgan fingerprint density at radius 1 is 1.27 bits per heavy atom. The molecule has 1 N–H and O–H groups in total. The minimum Gasteiger partial charge on any atom is -0.482 e. The summed E-state index contributed by atoms with van der Waals surface area (Å²) in [6, 6.07) is 7.33. The lowest BCUT2D eigenvalue weighted by atomic mass is 9.94. The molecule has 1 aliphatic carbocycles. The zero-order chi connectivity index (χ0) is 18.5. The number of esters is 1. The van der Waals surface area contributed by atoms with E-state index in [0.29, 0.717) is 16.6 Å². The smallest absolute Gasteiger partial charge is 0.343 e. The molecule has 1 aromatic rings. The number of nitrogens with one attached hydrogen (secondary N) is 1. The number of amides is 1. The minimum atomic E-state index is -0.437. The van der Waals surface area contributed by atoms with Crippen molar-refractivity contribution in [3.8, 4) is 5.75 Å². The number of thiocarbonyl (C=S) groups is 1. The standard InChI is InChI=1S/C19H22N2O4S/c1-24-17(22)12-25-15-9-7-13(8-10-15)11-16-18(23)21(19(26)20-16)14-5-3-2-4-6-14/h7-11,14H,2-6,12H2,1H3,(H,20,26)/b16-11-. The number of ether oxygens (including phenoxy) is 2. The van der Waals surface area contributed by atoms with Crippen LogP contribution in [0.4, 0.5) is 0 Å². The first kappa shape index (κ1) is 18.4. The van der Waals surface area contributed by atoms with Gasteiger partial charge in [0, 0.05) is 6.04 Å². The first-order valence-corrected chi connectivity index (χ1v) is 9.15. The Balaban J connectivity index is 1.66. The van der Waals surface area contributed by atoms with Crippen molar-refractivity contribution in [1.29, 1.82) is 0 Å². The summed E-state index contributed by atoms with van der Waals surface area (Å²) >= 11 is 5.37. The lowest BCUT2D eigenvalue weighted by molar-refractivity contribution is -0.142. The van der Waals surface area contributed by atoms with Crippen LogP contribution in [0.15, 0.2) is 30.0 Å². The molecular formula is C19H22N2O4S. The van der Waals surface area contributed by atoms with Crippen LogP contribution in [0.2, 0.25) is 0 Å². The Bertz CT molecular complexity index is 724. The van der Waals surface area contributed by atoms with Crippen LogP contribution in [-0.4, -0.2) is 41.6 Å². The van der Waals surface area contributed by atoms with Crippen molar-refractivity contribution in [2.75, 3.05) is 13.7 Å². The van der Waals surface area contributed by atoms with Crippen molar-refractivity contribution in [2.24, 2.45) is 0 Å². The Morgan fingerprint density at radius 3 is 2.62 bits per heavy atom. The second kappa shape index (κ2) is 8.31. The van der Waals surface area contributed by atoms with Gasteiger partial charge in [-0.1, -0.05) is 31.4 Å². The molecule has 0 aromatic heterocycles. The Kier molecular flexibility index (Phi) is 5.88. The van der Waals surface area contributed by atoms with Gasteiger partial charge in [0.05, 0.1) is 7.11 Å². The highest BCUT2D eigenvalue weighted by Gasteiger charge is 2.36. The molecule has 1 heterocycles. The van der Waals surface area contributed by atoms with Crippen molar-refractivity contribution in [2.45, 2.75) is 38.1 Å². The van der Waals surface area contributed by atoms with Crippen molar-refractivity contribution in [1.82, 2.24) is 10.2 Å². The van der Waals surface area contributed by atoms with Crippen molar-refractivity contribution >= 4 is 35.3 Å². The summed E-state index contributed by atoms with van der Waals surface area (Å²) in [5, 5.41) is 3.53. The monoisotopic (exact) mass is 374 g/mol. The van der Waals surface area contributed by atoms with E-state index in [1.165, 1.54) is 13.5 Å². The maximum Gasteiger partial charge on any atom is 0.343 e. The molecule has 0 atom stereocenters. The van der Waals surface area contributed by atoms with Gasteiger partial charge in [0.1, 0.15) is 11.4 Å². The second-order valence-electron chi connectivity index (χ2n) is 6.39. The fraction of sp³-hybridized carbons (Fsp3) is 0.421. The van der Waals surface area contributed by atoms with E-state index in [4.69, 9.17) is 17.0 Å². The molecule has 26 heavy (non-hydrogen) atoms. The average Bonchev–Trinajstić information content (AvgIpc) is 2.94. The summed E-state index contributed by atoms with van der Waals surface area (Å²) < 4.78 is 9.84. The van der Waals surface area contributed by atoms with Crippen LogP contribution in [-0.2, 0) is 14.3 Å². The Hall–Kier alpha value is -2.41. The van der Waals surface area contributed by atoms with E-state index < -0.39 is 5.97 Å². The van der Waals surface area contributed by atoms with Gasteiger partial charge in [-0.15, -0.1) is 0 Å². The van der Waals surface area contributed by atoms with Gasteiger partial charge in [0.2, 0.25) is 0 Å². The Labute approximate surface area is 158 Å². The van der Waals surface area contributed by atoms with Gasteiger partial charge in [-0.3, -0.25) is 9.69 Å². The number of rotatable bonds is 5. The molecule has 2 fully saturated rings. The summed E-state index contributed by atoms with van der Waals surface area (Å²) in [5.41, 5.74) is 1.34. The summed E-state index contributed by atoms with van der Waals surface area (Å²) in [7, 11) is 1.31. The number of methoxy groups -OCH3 is 1. The van der Waals surface area contributed by atoms with Crippen LogP contribution in [0.1, 0.15) is 37.7 Å². The van der Waals surface area contributed by atoms with E-state index in [2.05, 4.69) is 10.1 Å². The van der Waals surface area contributed by atoms with E-state index >= 15 is 0 Å². The van der Waals surface area contributed by atoms with Gasteiger partial charge in [-0.05, 0) is 48.8 Å². The van der Waals surface area contributed by atoms with Gasteiger partial charge in [0.15, 0.2) is 11.7 Å². The summed E-state index contributed by atoms with van der Waals surface area (Å²) in [4.78, 5) is 25.5. The third kappa shape index (κ3) is 4.22. The third-order valence-electron chi connectivity index (χ3n) is 4.62. The predicted octanol–water partition coefficient (Wildman–Crippen LogP) is 2.63. The SMILES string of the molecule is COC(=O)COc1ccc(/C=C2\NC(=S)N(C3CCCCC3)C2=O)cc1. The molecule has 1 amide bonds. The number of carbonyl (C=O) groups excluding carboxylic acids is 2. The molecule has 2 aliphatic rings. The number of carbonyl (C=O) groups is 2. The lowest BCUT2D eigenvalue weighted by Gasteiger charge is -2.29. The van der Waals surface area contributed by atoms with Gasteiger partial charge in [-0.25, -0.2) is 4.79 Å². The van der Waals surface area contributed by atoms with Gasteiger partial charge >= 0.3 is 5.97 Å². The molecular weight excluding hydrogens is 352 g/mol. The van der Waals surface area contributed by atoms with Crippen LogP contribution in [0, 0.1) is 0 Å². The van der Waals surface area contributed by atoms with E-state index in [0.717, 1.165) is 31.2 Å². The molecule has 0 unspecified atom stereocenters. The maximum atomic E-state index is 12.7. The number of hydrogen-bond acceptors (Lipinski definition) is 5. The van der Waals surface area contributed by atoms with E-state index in [9.17, 15) is 9.59 Å². The van der Waals surface area contributed by atoms with Crippen LogP contribution >= 0.6 is 12.2 Å². The molecule has 1 aromatic carbocycles. The first-order chi connectivity index (χ1) is 12.6. The summed E-state index contributed by atoms with van der Waals surface area (Å²) in [5.74, 6) is 0.0591. The van der Waals surface area contributed by atoms with Crippen LogP contribution in [0.3, 0.4) is 0 Å². The summed E-state index contributed by atoms with van der Waals surface area (Å²) in [6.45, 7) is -0.137. The van der Waals surface area contributed by atoms with Crippen LogP contribution in [0.5, 0.6) is 5.75 Å². The summed E-state index contributed by atoms with van der Waals surface area (Å²) in [6.07, 6.45) is 7.31. The van der Waals surface area contributed by atoms with Gasteiger partial charge in [-0.2, -0.15) is 0 Å². The quantitative estimate of drug-likeness (QED) is 0.485. The number of nitrogens with zero attached hydrogens (tertiary/aromatic N) is 1. The average molecular weight is 374 g/mol. The van der Waals surface area contributed by atoms with Crippen LogP contribution < -0.4 is 10.1 Å². The van der Waals surface area contributed by atoms with Crippen LogP contribution in [0.25, 0.3) is 6.08 Å². The number of hydrogen-bond donors (Lipinski definition) is 1.